The zero-order valence-electron chi connectivity index (χ0n) is 15.6. The Morgan fingerprint density at radius 2 is 1.40 bits per heavy atom. The number of aryl methyl sites for hydroxylation is 1. The molecule has 0 spiro atoms. The van der Waals surface area contributed by atoms with Gasteiger partial charge in [-0.15, -0.1) is 0 Å². The monoisotopic (exact) mass is 342 g/mol. The lowest BCUT2D eigenvalue weighted by Crippen LogP contribution is -2.19. The second-order valence-corrected chi connectivity index (χ2v) is 7.23. The fourth-order valence-corrected chi connectivity index (χ4v) is 3.43. The number of amides is 1. The summed E-state index contributed by atoms with van der Waals surface area (Å²) in [5.74, 6) is 0.0505. The van der Waals surface area contributed by atoms with Crippen molar-refractivity contribution in [2.24, 2.45) is 5.10 Å². The lowest BCUT2D eigenvalue weighted by atomic mass is 10.00. The highest BCUT2D eigenvalue weighted by Gasteiger charge is 2.05. The van der Waals surface area contributed by atoms with Crippen LogP contribution in [-0.2, 0) is 11.2 Å². The first kappa shape index (κ1) is 19.7. The van der Waals surface area contributed by atoms with E-state index in [2.05, 4.69) is 22.7 Å². The SMILES string of the molecule is O=C(CCCc1ccccc1)NN=C1CCCCCCCCCCC1. The van der Waals surface area contributed by atoms with Crippen LogP contribution < -0.4 is 5.43 Å². The fraction of sp³-hybridized carbons (Fsp3) is 0.636. The Hall–Kier alpha value is -1.64. The molecule has 1 N–H and O–H groups in total. The average molecular weight is 343 g/mol. The Kier molecular flexibility index (Phi) is 9.99. The molecule has 1 aromatic carbocycles. The van der Waals surface area contributed by atoms with E-state index in [1.807, 2.05) is 18.2 Å². The molecule has 0 aliphatic heterocycles. The molecule has 3 heteroatoms. The van der Waals surface area contributed by atoms with E-state index in [9.17, 15) is 4.79 Å². The number of nitrogens with zero attached hydrogens (tertiary/aromatic N) is 1. The first-order chi connectivity index (χ1) is 12.3. The minimum atomic E-state index is 0.0505. The number of hydrogen-bond acceptors (Lipinski definition) is 2. The summed E-state index contributed by atoms with van der Waals surface area (Å²) in [6.45, 7) is 0. The molecule has 0 heterocycles. The molecule has 1 fully saturated rings. The van der Waals surface area contributed by atoms with Crippen LogP contribution in [0.4, 0.5) is 0 Å². The van der Waals surface area contributed by atoms with E-state index in [-0.39, 0.29) is 5.91 Å². The number of hydrazone groups is 1. The van der Waals surface area contributed by atoms with Crippen molar-refractivity contribution in [3.63, 3.8) is 0 Å². The van der Waals surface area contributed by atoms with E-state index in [0.29, 0.717) is 6.42 Å². The van der Waals surface area contributed by atoms with Crippen LogP contribution in [0.1, 0.15) is 89.0 Å². The van der Waals surface area contributed by atoms with E-state index in [4.69, 9.17) is 0 Å². The predicted octanol–water partition coefficient (Wildman–Crippen LogP) is 5.79. The van der Waals surface area contributed by atoms with E-state index in [1.54, 1.807) is 0 Å². The summed E-state index contributed by atoms with van der Waals surface area (Å²) in [6, 6.07) is 10.3. The Balaban J connectivity index is 1.69. The smallest absolute Gasteiger partial charge is 0.240 e. The fourth-order valence-electron chi connectivity index (χ4n) is 3.43. The van der Waals surface area contributed by atoms with Crippen molar-refractivity contribution in [1.82, 2.24) is 5.43 Å². The van der Waals surface area contributed by atoms with Crippen molar-refractivity contribution in [3.8, 4) is 0 Å². The van der Waals surface area contributed by atoms with Gasteiger partial charge in [-0.2, -0.15) is 5.10 Å². The number of carbonyl (C=O) groups is 1. The number of carbonyl (C=O) groups excluding carboxylic acids is 1. The third-order valence-electron chi connectivity index (χ3n) is 4.98. The maximum Gasteiger partial charge on any atom is 0.240 e. The van der Waals surface area contributed by atoms with E-state index >= 15 is 0 Å². The van der Waals surface area contributed by atoms with Crippen molar-refractivity contribution in [2.45, 2.75) is 89.9 Å². The molecule has 0 atom stereocenters. The van der Waals surface area contributed by atoms with Gasteiger partial charge in [0.05, 0.1) is 0 Å². The third-order valence-corrected chi connectivity index (χ3v) is 4.98. The number of nitrogens with one attached hydrogen (secondary N) is 1. The van der Waals surface area contributed by atoms with Gasteiger partial charge in [-0.1, -0.05) is 75.3 Å². The maximum atomic E-state index is 12.0. The molecule has 25 heavy (non-hydrogen) atoms. The van der Waals surface area contributed by atoms with Crippen molar-refractivity contribution < 1.29 is 4.79 Å². The second kappa shape index (κ2) is 12.7. The molecule has 3 nitrogen and oxygen atoms in total. The molecule has 138 valence electrons. The van der Waals surface area contributed by atoms with Gasteiger partial charge < -0.3 is 0 Å². The van der Waals surface area contributed by atoms with Crippen LogP contribution in [0.5, 0.6) is 0 Å². The number of hydrogen-bond donors (Lipinski definition) is 1. The number of benzene rings is 1. The molecular formula is C22H34N2O. The largest absolute Gasteiger partial charge is 0.273 e. The summed E-state index contributed by atoms with van der Waals surface area (Å²) < 4.78 is 0. The van der Waals surface area contributed by atoms with Crippen LogP contribution in [0.2, 0.25) is 0 Å². The first-order valence-electron chi connectivity index (χ1n) is 10.2. The summed E-state index contributed by atoms with van der Waals surface area (Å²) in [5, 5.41) is 4.45. The molecule has 0 aromatic heterocycles. The van der Waals surface area contributed by atoms with Crippen LogP contribution >= 0.6 is 0 Å². The van der Waals surface area contributed by atoms with Crippen molar-refractivity contribution in [2.75, 3.05) is 0 Å². The third kappa shape index (κ3) is 9.42. The van der Waals surface area contributed by atoms with Gasteiger partial charge in [0.25, 0.3) is 0 Å². The zero-order valence-corrected chi connectivity index (χ0v) is 15.6. The molecule has 1 saturated carbocycles. The number of rotatable bonds is 5. The Morgan fingerprint density at radius 1 is 0.840 bits per heavy atom. The lowest BCUT2D eigenvalue weighted by molar-refractivity contribution is -0.121. The van der Waals surface area contributed by atoms with Gasteiger partial charge in [0, 0.05) is 12.1 Å². The maximum absolute atomic E-state index is 12.0. The zero-order chi connectivity index (χ0) is 17.6. The van der Waals surface area contributed by atoms with Crippen LogP contribution in [0.25, 0.3) is 0 Å². The topological polar surface area (TPSA) is 41.5 Å². The molecule has 1 aliphatic carbocycles. The second-order valence-electron chi connectivity index (χ2n) is 7.23. The minimum absolute atomic E-state index is 0.0505. The highest BCUT2D eigenvalue weighted by Crippen LogP contribution is 2.15. The van der Waals surface area contributed by atoms with Gasteiger partial charge >= 0.3 is 0 Å². The van der Waals surface area contributed by atoms with E-state index in [0.717, 1.165) is 25.7 Å². The van der Waals surface area contributed by atoms with Crippen molar-refractivity contribution in [3.05, 3.63) is 35.9 Å². The molecule has 0 bridgehead atoms. The standard InChI is InChI=1S/C22H34N2O/c25-22(19-13-16-20-14-9-8-10-15-20)24-23-21-17-11-6-4-2-1-3-5-7-12-18-21/h8-10,14-15H,1-7,11-13,16-19H2,(H,24,25). The van der Waals surface area contributed by atoms with Gasteiger partial charge in [0.2, 0.25) is 5.91 Å². The van der Waals surface area contributed by atoms with Crippen LogP contribution in [0, 0.1) is 0 Å². The molecule has 2 rings (SSSR count). The Morgan fingerprint density at radius 3 is 2.00 bits per heavy atom. The van der Waals surface area contributed by atoms with Crippen LogP contribution in [0.3, 0.4) is 0 Å². The summed E-state index contributed by atoms with van der Waals surface area (Å²) in [4.78, 5) is 12.0. The van der Waals surface area contributed by atoms with Gasteiger partial charge in [-0.3, -0.25) is 4.79 Å². The molecule has 0 radical (unpaired) electrons. The highest BCUT2D eigenvalue weighted by atomic mass is 16.2. The van der Waals surface area contributed by atoms with Crippen LogP contribution in [-0.4, -0.2) is 11.6 Å². The van der Waals surface area contributed by atoms with Crippen molar-refractivity contribution in [1.29, 1.82) is 0 Å². The first-order valence-corrected chi connectivity index (χ1v) is 10.2. The summed E-state index contributed by atoms with van der Waals surface area (Å²) in [7, 11) is 0. The summed E-state index contributed by atoms with van der Waals surface area (Å²) >= 11 is 0. The molecule has 1 aliphatic rings. The predicted molar refractivity (Wildman–Crippen MR) is 106 cm³/mol. The highest BCUT2D eigenvalue weighted by molar-refractivity contribution is 5.86. The molecule has 1 aromatic rings. The molecule has 0 unspecified atom stereocenters. The van der Waals surface area contributed by atoms with E-state index < -0.39 is 0 Å². The quantitative estimate of drug-likeness (QED) is 0.676. The lowest BCUT2D eigenvalue weighted by Gasteiger charge is -2.10. The van der Waals surface area contributed by atoms with Gasteiger partial charge in [-0.25, -0.2) is 5.43 Å². The normalized spacial score (nSPS) is 17.2. The Labute approximate surface area is 153 Å². The molecule has 1 amide bonds. The Bertz CT molecular complexity index is 496. The molecule has 0 saturated heterocycles. The minimum Gasteiger partial charge on any atom is -0.273 e. The van der Waals surface area contributed by atoms with Gasteiger partial charge in [0.1, 0.15) is 0 Å². The average Bonchev–Trinajstić information content (AvgIpc) is 2.62. The summed E-state index contributed by atoms with van der Waals surface area (Å²) in [5.41, 5.74) is 5.28. The van der Waals surface area contributed by atoms with Crippen LogP contribution in [0.15, 0.2) is 35.4 Å². The van der Waals surface area contributed by atoms with Gasteiger partial charge in [0.15, 0.2) is 0 Å². The van der Waals surface area contributed by atoms with E-state index in [1.165, 1.54) is 69.1 Å². The van der Waals surface area contributed by atoms with Gasteiger partial charge in [-0.05, 0) is 44.1 Å². The molecular weight excluding hydrogens is 308 g/mol. The summed E-state index contributed by atoms with van der Waals surface area (Å²) in [6.07, 6.45) is 16.3. The van der Waals surface area contributed by atoms with Crippen molar-refractivity contribution >= 4 is 11.6 Å².